The summed E-state index contributed by atoms with van der Waals surface area (Å²) in [5, 5.41) is 11.4. The topological polar surface area (TPSA) is 82.5 Å². The largest absolute Gasteiger partial charge is 0.480 e. The average Bonchev–Trinajstić information content (AvgIpc) is 3.16. The lowest BCUT2D eigenvalue weighted by molar-refractivity contribution is -0.138. The van der Waals surface area contributed by atoms with Crippen LogP contribution < -0.4 is 9.80 Å². The number of aliphatic carboxylic acids is 1. The van der Waals surface area contributed by atoms with E-state index in [2.05, 4.69) is 26.8 Å². The standard InChI is InChI=1S/C22H35N5O2S2/c1-6-7-8-9-10-12-27(20-23-14-18(15-24-20)26(4)5)13-11-17-16-30-21(25-17)31-22(2,3)19(28)29/h14-16H,6-13H2,1-5H3,(H,28,29). The molecule has 0 saturated heterocycles. The molecule has 1 N–H and O–H groups in total. The molecule has 2 aromatic heterocycles. The van der Waals surface area contributed by atoms with Gasteiger partial charge in [-0.3, -0.25) is 4.79 Å². The third-order valence-corrected chi connectivity index (χ3v) is 7.15. The molecule has 0 spiro atoms. The third kappa shape index (κ3) is 8.29. The van der Waals surface area contributed by atoms with E-state index in [1.807, 2.05) is 36.8 Å². The van der Waals surface area contributed by atoms with E-state index in [-0.39, 0.29) is 0 Å². The van der Waals surface area contributed by atoms with E-state index in [1.165, 1.54) is 48.8 Å². The molecule has 0 atom stereocenters. The van der Waals surface area contributed by atoms with Crippen molar-refractivity contribution in [3.8, 4) is 0 Å². The molecule has 2 aromatic rings. The van der Waals surface area contributed by atoms with Crippen molar-refractivity contribution in [3.05, 3.63) is 23.5 Å². The maximum atomic E-state index is 11.4. The second-order valence-electron chi connectivity index (χ2n) is 8.31. The van der Waals surface area contributed by atoms with Gasteiger partial charge in [-0.25, -0.2) is 15.0 Å². The lowest BCUT2D eigenvalue weighted by Crippen LogP contribution is -2.29. The number of hydrogen-bond donors (Lipinski definition) is 1. The van der Waals surface area contributed by atoms with Gasteiger partial charge in [0, 0.05) is 39.0 Å². The van der Waals surface area contributed by atoms with E-state index in [1.54, 1.807) is 13.8 Å². The Kier molecular flexibility index (Phi) is 10.0. The summed E-state index contributed by atoms with van der Waals surface area (Å²) in [6, 6.07) is 0. The van der Waals surface area contributed by atoms with E-state index in [4.69, 9.17) is 0 Å². The fourth-order valence-electron chi connectivity index (χ4n) is 2.89. The van der Waals surface area contributed by atoms with Gasteiger partial charge in [0.05, 0.1) is 23.8 Å². The SMILES string of the molecule is CCCCCCCN(CCc1csc(SC(C)(C)C(=O)O)n1)c1ncc(N(C)C)cn1. The lowest BCUT2D eigenvalue weighted by Gasteiger charge is -2.23. The van der Waals surface area contributed by atoms with Crippen molar-refractivity contribution in [1.29, 1.82) is 0 Å². The van der Waals surface area contributed by atoms with Crippen LogP contribution >= 0.6 is 23.1 Å². The molecular formula is C22H35N5O2S2. The van der Waals surface area contributed by atoms with E-state index < -0.39 is 10.7 Å². The van der Waals surface area contributed by atoms with Crippen molar-refractivity contribution >= 4 is 40.7 Å². The molecule has 0 aliphatic rings. The zero-order valence-electron chi connectivity index (χ0n) is 19.3. The Morgan fingerprint density at radius 1 is 1.13 bits per heavy atom. The third-order valence-electron chi connectivity index (χ3n) is 4.98. The second-order valence-corrected chi connectivity index (χ2v) is 11.0. The summed E-state index contributed by atoms with van der Waals surface area (Å²) in [5.41, 5.74) is 1.96. The monoisotopic (exact) mass is 465 g/mol. The molecule has 0 fully saturated rings. The Balaban J connectivity index is 2.01. The summed E-state index contributed by atoms with van der Waals surface area (Å²) in [4.78, 5) is 29.4. The number of nitrogens with zero attached hydrogens (tertiary/aromatic N) is 5. The van der Waals surface area contributed by atoms with Gasteiger partial charge in [0.1, 0.15) is 4.75 Å². The van der Waals surface area contributed by atoms with Gasteiger partial charge in [-0.1, -0.05) is 44.4 Å². The number of aromatic nitrogens is 3. The second kappa shape index (κ2) is 12.2. The van der Waals surface area contributed by atoms with E-state index in [9.17, 15) is 9.90 Å². The van der Waals surface area contributed by atoms with Gasteiger partial charge >= 0.3 is 5.97 Å². The van der Waals surface area contributed by atoms with Crippen LogP contribution in [-0.2, 0) is 11.2 Å². The van der Waals surface area contributed by atoms with Crippen LogP contribution in [0.1, 0.15) is 58.6 Å². The van der Waals surface area contributed by atoms with Crippen molar-refractivity contribution < 1.29 is 9.90 Å². The molecule has 0 bridgehead atoms. The maximum Gasteiger partial charge on any atom is 0.319 e. The molecule has 2 heterocycles. The summed E-state index contributed by atoms with van der Waals surface area (Å²) in [7, 11) is 3.96. The molecule has 0 saturated carbocycles. The van der Waals surface area contributed by atoms with Crippen molar-refractivity contribution in [3.63, 3.8) is 0 Å². The molecule has 2 rings (SSSR count). The van der Waals surface area contributed by atoms with Gasteiger partial charge in [-0.2, -0.15) is 0 Å². The van der Waals surface area contributed by atoms with Gasteiger partial charge in [0.15, 0.2) is 4.34 Å². The van der Waals surface area contributed by atoms with Crippen LogP contribution in [-0.4, -0.2) is 58.0 Å². The van der Waals surface area contributed by atoms with E-state index in [0.717, 1.165) is 47.6 Å². The smallest absolute Gasteiger partial charge is 0.319 e. The van der Waals surface area contributed by atoms with Gasteiger partial charge in [0.25, 0.3) is 0 Å². The molecule has 0 amide bonds. The van der Waals surface area contributed by atoms with Crippen LogP contribution in [0.5, 0.6) is 0 Å². The highest BCUT2D eigenvalue weighted by Crippen LogP contribution is 2.34. The van der Waals surface area contributed by atoms with Crippen molar-refractivity contribution in [2.45, 2.75) is 68.4 Å². The molecule has 31 heavy (non-hydrogen) atoms. The molecule has 9 heteroatoms. The number of thioether (sulfide) groups is 1. The average molecular weight is 466 g/mol. The first-order valence-corrected chi connectivity index (χ1v) is 12.5. The molecular weight excluding hydrogens is 430 g/mol. The molecule has 0 aliphatic heterocycles. The van der Waals surface area contributed by atoms with Crippen molar-refractivity contribution in [2.24, 2.45) is 0 Å². The number of thiazole rings is 1. The van der Waals surface area contributed by atoms with Gasteiger partial charge in [0.2, 0.25) is 5.95 Å². The summed E-state index contributed by atoms with van der Waals surface area (Å²) in [6.07, 6.45) is 10.6. The minimum absolute atomic E-state index is 0.748. The Morgan fingerprint density at radius 2 is 1.81 bits per heavy atom. The van der Waals surface area contributed by atoms with Crippen LogP contribution in [0.15, 0.2) is 22.1 Å². The minimum atomic E-state index is -0.887. The highest BCUT2D eigenvalue weighted by atomic mass is 32.2. The fraction of sp³-hybridized carbons (Fsp3) is 0.636. The van der Waals surface area contributed by atoms with Crippen LogP contribution in [0.25, 0.3) is 0 Å². The predicted octanol–water partition coefficient (Wildman–Crippen LogP) is 4.97. The van der Waals surface area contributed by atoms with Gasteiger partial charge in [-0.05, 0) is 20.3 Å². The summed E-state index contributed by atoms with van der Waals surface area (Å²) in [6.45, 7) is 7.34. The number of rotatable bonds is 14. The number of carboxylic acids is 1. The Bertz CT molecular complexity index is 808. The predicted molar refractivity (Wildman–Crippen MR) is 131 cm³/mol. The quantitative estimate of drug-likeness (QED) is 0.309. The Morgan fingerprint density at radius 3 is 2.42 bits per heavy atom. The summed E-state index contributed by atoms with van der Waals surface area (Å²) in [5.74, 6) is -0.0836. The summed E-state index contributed by atoms with van der Waals surface area (Å²) < 4.78 is -0.0955. The first-order chi connectivity index (χ1) is 14.7. The number of carboxylic acid groups (broad SMARTS) is 1. The number of hydrogen-bond acceptors (Lipinski definition) is 8. The first kappa shape index (κ1) is 25.4. The molecule has 0 radical (unpaired) electrons. The molecule has 172 valence electrons. The number of carbonyl (C=O) groups is 1. The van der Waals surface area contributed by atoms with Crippen LogP contribution in [0, 0.1) is 0 Å². The highest BCUT2D eigenvalue weighted by molar-refractivity contribution is 8.02. The molecule has 0 aliphatic carbocycles. The van der Waals surface area contributed by atoms with Crippen molar-refractivity contribution in [1.82, 2.24) is 15.0 Å². The fourth-order valence-corrected chi connectivity index (χ4v) is 5.11. The highest BCUT2D eigenvalue weighted by Gasteiger charge is 2.29. The Hall–Kier alpha value is -1.87. The number of anilines is 2. The van der Waals surface area contributed by atoms with Crippen LogP contribution in [0.4, 0.5) is 11.6 Å². The Labute approximate surface area is 194 Å². The van der Waals surface area contributed by atoms with E-state index in [0.29, 0.717) is 0 Å². The minimum Gasteiger partial charge on any atom is -0.480 e. The van der Waals surface area contributed by atoms with Gasteiger partial charge < -0.3 is 14.9 Å². The van der Waals surface area contributed by atoms with Crippen LogP contribution in [0.3, 0.4) is 0 Å². The zero-order valence-corrected chi connectivity index (χ0v) is 20.9. The normalized spacial score (nSPS) is 11.5. The maximum absolute atomic E-state index is 11.4. The van der Waals surface area contributed by atoms with E-state index >= 15 is 0 Å². The van der Waals surface area contributed by atoms with Crippen molar-refractivity contribution in [2.75, 3.05) is 37.0 Å². The molecule has 7 nitrogen and oxygen atoms in total. The first-order valence-electron chi connectivity index (χ1n) is 10.8. The summed E-state index contributed by atoms with van der Waals surface area (Å²) >= 11 is 2.80. The lowest BCUT2D eigenvalue weighted by atomic mass is 10.1. The molecule has 0 aromatic carbocycles. The van der Waals surface area contributed by atoms with Gasteiger partial charge in [-0.15, -0.1) is 11.3 Å². The molecule has 0 unspecified atom stereocenters. The number of unbranched alkanes of at least 4 members (excludes halogenated alkanes) is 4. The zero-order chi connectivity index (χ0) is 22.9. The van der Waals surface area contributed by atoms with Crippen LogP contribution in [0.2, 0.25) is 0 Å².